The highest BCUT2D eigenvalue weighted by Crippen LogP contribution is 2.22. The largest absolute Gasteiger partial charge is 0.309 e. The van der Waals surface area contributed by atoms with E-state index >= 15 is 0 Å². The second-order valence-electron chi connectivity index (χ2n) is 3.84. The van der Waals surface area contributed by atoms with Gasteiger partial charge in [-0.1, -0.05) is 13.0 Å². The SMILES string of the molecule is CC(CN(C)C)c1ccc(F)c(Br)c1. The molecule has 0 aliphatic rings. The van der Waals surface area contributed by atoms with Gasteiger partial charge in [-0.25, -0.2) is 4.39 Å². The molecule has 0 spiro atoms. The predicted molar refractivity (Wildman–Crippen MR) is 61.1 cm³/mol. The van der Waals surface area contributed by atoms with Gasteiger partial charge in [-0.15, -0.1) is 0 Å². The zero-order chi connectivity index (χ0) is 10.7. The number of halogens is 2. The number of hydrogen-bond acceptors (Lipinski definition) is 1. The summed E-state index contributed by atoms with van der Waals surface area (Å²) in [6, 6.07) is 5.20. The highest BCUT2D eigenvalue weighted by molar-refractivity contribution is 9.10. The fourth-order valence-corrected chi connectivity index (χ4v) is 1.87. The van der Waals surface area contributed by atoms with Crippen LogP contribution < -0.4 is 0 Å². The summed E-state index contributed by atoms with van der Waals surface area (Å²) in [7, 11) is 4.07. The van der Waals surface area contributed by atoms with Crippen LogP contribution in [0, 0.1) is 5.82 Å². The van der Waals surface area contributed by atoms with Gasteiger partial charge in [0.25, 0.3) is 0 Å². The van der Waals surface area contributed by atoms with Crippen LogP contribution in [-0.4, -0.2) is 25.5 Å². The topological polar surface area (TPSA) is 3.24 Å². The van der Waals surface area contributed by atoms with E-state index in [0.29, 0.717) is 10.4 Å². The Morgan fingerprint density at radius 1 is 1.43 bits per heavy atom. The van der Waals surface area contributed by atoms with E-state index in [0.717, 1.165) is 12.1 Å². The molecule has 3 heteroatoms. The lowest BCUT2D eigenvalue weighted by atomic mass is 10.0. The molecule has 1 atom stereocenters. The molecule has 0 bridgehead atoms. The van der Waals surface area contributed by atoms with Crippen LogP contribution >= 0.6 is 15.9 Å². The van der Waals surface area contributed by atoms with Gasteiger partial charge in [0.2, 0.25) is 0 Å². The van der Waals surface area contributed by atoms with Crippen LogP contribution in [0.3, 0.4) is 0 Å². The molecule has 0 saturated heterocycles. The third-order valence-corrected chi connectivity index (χ3v) is 2.76. The Kier molecular flexibility index (Phi) is 4.08. The van der Waals surface area contributed by atoms with Crippen molar-refractivity contribution >= 4 is 15.9 Å². The molecule has 1 aromatic carbocycles. The van der Waals surface area contributed by atoms with Gasteiger partial charge in [-0.05, 0) is 53.6 Å². The van der Waals surface area contributed by atoms with Crippen LogP contribution in [0.2, 0.25) is 0 Å². The molecule has 0 radical (unpaired) electrons. The van der Waals surface area contributed by atoms with Crippen molar-refractivity contribution in [3.8, 4) is 0 Å². The number of likely N-dealkylation sites (N-methyl/N-ethyl adjacent to an activating group) is 1. The number of rotatable bonds is 3. The Morgan fingerprint density at radius 2 is 2.07 bits per heavy atom. The minimum atomic E-state index is -0.203. The zero-order valence-electron chi connectivity index (χ0n) is 8.72. The maximum Gasteiger partial charge on any atom is 0.137 e. The van der Waals surface area contributed by atoms with E-state index in [1.807, 2.05) is 26.2 Å². The van der Waals surface area contributed by atoms with Crippen LogP contribution in [0.4, 0.5) is 4.39 Å². The first kappa shape index (κ1) is 11.7. The standard InChI is InChI=1S/C11H15BrFN/c1-8(7-14(2)3)9-4-5-11(13)10(12)6-9/h4-6,8H,7H2,1-3H3. The molecule has 1 aromatic rings. The van der Waals surface area contributed by atoms with Crippen molar-refractivity contribution in [3.63, 3.8) is 0 Å². The average molecular weight is 260 g/mol. The lowest BCUT2D eigenvalue weighted by molar-refractivity contribution is 0.383. The molecule has 0 amide bonds. The minimum absolute atomic E-state index is 0.203. The summed E-state index contributed by atoms with van der Waals surface area (Å²) in [6.45, 7) is 3.11. The van der Waals surface area contributed by atoms with E-state index in [1.54, 1.807) is 0 Å². The Labute approximate surface area is 93.0 Å². The zero-order valence-corrected chi connectivity index (χ0v) is 10.3. The molecule has 1 unspecified atom stereocenters. The van der Waals surface area contributed by atoms with Crippen molar-refractivity contribution in [2.45, 2.75) is 12.8 Å². The second kappa shape index (κ2) is 4.89. The first-order valence-corrected chi connectivity index (χ1v) is 5.39. The summed E-state index contributed by atoms with van der Waals surface area (Å²) in [5, 5.41) is 0. The van der Waals surface area contributed by atoms with Gasteiger partial charge in [-0.2, -0.15) is 0 Å². The van der Waals surface area contributed by atoms with Crippen molar-refractivity contribution in [1.82, 2.24) is 4.90 Å². The highest BCUT2D eigenvalue weighted by atomic mass is 79.9. The van der Waals surface area contributed by atoms with Gasteiger partial charge in [0.05, 0.1) is 4.47 Å². The molecule has 1 nitrogen and oxygen atoms in total. The first-order valence-electron chi connectivity index (χ1n) is 4.60. The molecule has 78 valence electrons. The molecule has 0 heterocycles. The summed E-state index contributed by atoms with van der Waals surface area (Å²) >= 11 is 3.19. The van der Waals surface area contributed by atoms with Crippen molar-refractivity contribution in [2.75, 3.05) is 20.6 Å². The van der Waals surface area contributed by atoms with Crippen molar-refractivity contribution < 1.29 is 4.39 Å². The van der Waals surface area contributed by atoms with Gasteiger partial charge in [0.15, 0.2) is 0 Å². The summed E-state index contributed by atoms with van der Waals surface area (Å²) in [5.41, 5.74) is 1.16. The van der Waals surface area contributed by atoms with Gasteiger partial charge in [-0.3, -0.25) is 0 Å². The summed E-state index contributed by atoms with van der Waals surface area (Å²) in [6.07, 6.45) is 0. The molecule has 14 heavy (non-hydrogen) atoms. The minimum Gasteiger partial charge on any atom is -0.309 e. The Hall–Kier alpha value is -0.410. The lowest BCUT2D eigenvalue weighted by Gasteiger charge is -2.17. The molecular formula is C11H15BrFN. The van der Waals surface area contributed by atoms with Crippen LogP contribution in [0.15, 0.2) is 22.7 Å². The summed E-state index contributed by atoms with van der Waals surface area (Å²) in [5.74, 6) is 0.215. The average Bonchev–Trinajstić information content (AvgIpc) is 2.08. The van der Waals surface area contributed by atoms with Gasteiger partial charge in [0.1, 0.15) is 5.82 Å². The molecule has 0 aliphatic heterocycles. The Bertz CT molecular complexity index is 312. The van der Waals surface area contributed by atoms with Crippen molar-refractivity contribution in [2.24, 2.45) is 0 Å². The van der Waals surface area contributed by atoms with E-state index in [9.17, 15) is 4.39 Å². The van der Waals surface area contributed by atoms with Crippen molar-refractivity contribution in [3.05, 3.63) is 34.1 Å². The molecule has 0 saturated carbocycles. The summed E-state index contributed by atoms with van der Waals surface area (Å²) in [4.78, 5) is 2.13. The molecule has 0 aromatic heterocycles. The molecule has 0 aliphatic carbocycles. The van der Waals surface area contributed by atoms with E-state index in [1.165, 1.54) is 6.07 Å². The third kappa shape index (κ3) is 3.07. The third-order valence-electron chi connectivity index (χ3n) is 2.15. The monoisotopic (exact) mass is 259 g/mol. The second-order valence-corrected chi connectivity index (χ2v) is 4.69. The molecule has 0 N–H and O–H groups in total. The van der Waals surface area contributed by atoms with E-state index in [4.69, 9.17) is 0 Å². The quantitative estimate of drug-likeness (QED) is 0.806. The Morgan fingerprint density at radius 3 is 2.57 bits per heavy atom. The van der Waals surface area contributed by atoms with Gasteiger partial charge < -0.3 is 4.90 Å². The van der Waals surface area contributed by atoms with Gasteiger partial charge >= 0.3 is 0 Å². The molecule has 1 rings (SSSR count). The van der Waals surface area contributed by atoms with Crippen LogP contribution in [0.1, 0.15) is 18.4 Å². The first-order chi connectivity index (χ1) is 6.50. The van der Waals surface area contributed by atoms with E-state index in [-0.39, 0.29) is 5.82 Å². The molecule has 0 fully saturated rings. The predicted octanol–water partition coefficient (Wildman–Crippen LogP) is 3.25. The number of nitrogens with zero attached hydrogens (tertiary/aromatic N) is 1. The van der Waals surface area contributed by atoms with Crippen LogP contribution in [-0.2, 0) is 0 Å². The van der Waals surface area contributed by atoms with Crippen LogP contribution in [0.25, 0.3) is 0 Å². The summed E-state index contributed by atoms with van der Waals surface area (Å²) < 4.78 is 13.5. The van der Waals surface area contributed by atoms with Crippen molar-refractivity contribution in [1.29, 1.82) is 0 Å². The lowest BCUT2D eigenvalue weighted by Crippen LogP contribution is -2.18. The van der Waals surface area contributed by atoms with Crippen LogP contribution in [0.5, 0.6) is 0 Å². The maximum absolute atomic E-state index is 13.0. The fraction of sp³-hybridized carbons (Fsp3) is 0.455. The Balaban J connectivity index is 2.80. The fourth-order valence-electron chi connectivity index (χ4n) is 1.47. The van der Waals surface area contributed by atoms with E-state index < -0.39 is 0 Å². The smallest absolute Gasteiger partial charge is 0.137 e. The normalized spacial score (nSPS) is 13.3. The molecular weight excluding hydrogens is 245 g/mol. The number of hydrogen-bond donors (Lipinski definition) is 0. The van der Waals surface area contributed by atoms with Gasteiger partial charge in [0, 0.05) is 6.54 Å². The number of benzene rings is 1. The highest BCUT2D eigenvalue weighted by Gasteiger charge is 2.08. The van der Waals surface area contributed by atoms with E-state index in [2.05, 4.69) is 27.8 Å². The maximum atomic E-state index is 13.0.